The molecule has 5 rings (SSSR count). The average Bonchev–Trinajstić information content (AvgIpc) is 2.79. The number of fused-ring (bicyclic) bond motifs is 1. The highest BCUT2D eigenvalue weighted by Crippen LogP contribution is 2.34. The largest absolute Gasteiger partial charge is 0.369 e. The number of aromatic nitrogens is 4. The van der Waals surface area contributed by atoms with Crippen molar-refractivity contribution in [2.24, 2.45) is 0 Å². The van der Waals surface area contributed by atoms with Gasteiger partial charge in [-0.3, -0.25) is 9.78 Å². The SMILES string of the molecule is O=c1[nH]cnc2nc(-c3cccnc3C3CNCCO3)cc(-c3cccc(Br)c3)c12. The fourth-order valence-corrected chi connectivity index (χ4v) is 4.13. The van der Waals surface area contributed by atoms with Crippen LogP contribution in [0.25, 0.3) is 33.4 Å². The summed E-state index contributed by atoms with van der Waals surface area (Å²) in [4.78, 5) is 28.9. The number of rotatable bonds is 3. The molecule has 0 saturated carbocycles. The molecule has 8 heteroatoms. The van der Waals surface area contributed by atoms with Crippen LogP contribution in [-0.2, 0) is 4.74 Å². The maximum atomic E-state index is 12.6. The minimum absolute atomic E-state index is 0.158. The molecule has 1 aliphatic heterocycles. The van der Waals surface area contributed by atoms with E-state index in [4.69, 9.17) is 9.72 Å². The monoisotopic (exact) mass is 463 g/mol. The highest BCUT2D eigenvalue weighted by molar-refractivity contribution is 9.10. The number of nitrogens with zero attached hydrogens (tertiary/aromatic N) is 3. The highest BCUT2D eigenvalue weighted by atomic mass is 79.9. The molecule has 2 N–H and O–H groups in total. The lowest BCUT2D eigenvalue weighted by molar-refractivity contribution is 0.0254. The van der Waals surface area contributed by atoms with Gasteiger partial charge in [-0.1, -0.05) is 28.1 Å². The first-order valence-electron chi connectivity index (χ1n) is 9.63. The summed E-state index contributed by atoms with van der Waals surface area (Å²) in [6.07, 6.45) is 2.98. The zero-order chi connectivity index (χ0) is 20.5. The van der Waals surface area contributed by atoms with E-state index in [1.807, 2.05) is 42.5 Å². The van der Waals surface area contributed by atoms with Crippen molar-refractivity contribution < 1.29 is 4.74 Å². The van der Waals surface area contributed by atoms with E-state index in [-0.39, 0.29) is 11.7 Å². The predicted octanol–water partition coefficient (Wildman–Crippen LogP) is 3.47. The standard InChI is InChI=1S/C22H18BrN5O2/c23-14-4-1-3-13(9-14)16-10-17(28-21-19(16)22(29)27-12-26-21)15-5-2-6-25-20(15)18-11-24-7-8-30-18/h1-6,9-10,12,18,24H,7-8,11H2,(H,26,27,28,29). The molecule has 4 heterocycles. The summed E-state index contributed by atoms with van der Waals surface area (Å²) in [5.41, 5.74) is 4.23. The van der Waals surface area contributed by atoms with Crippen LogP contribution in [0.4, 0.5) is 0 Å². The first kappa shape index (κ1) is 19.0. The van der Waals surface area contributed by atoms with Crippen LogP contribution < -0.4 is 10.9 Å². The lowest BCUT2D eigenvalue weighted by atomic mass is 9.98. The van der Waals surface area contributed by atoms with Gasteiger partial charge in [0.15, 0.2) is 5.65 Å². The Morgan fingerprint density at radius 3 is 2.87 bits per heavy atom. The van der Waals surface area contributed by atoms with Crippen molar-refractivity contribution in [3.05, 3.63) is 75.5 Å². The molecule has 3 aromatic heterocycles. The number of hydrogen-bond donors (Lipinski definition) is 2. The normalized spacial score (nSPS) is 16.6. The summed E-state index contributed by atoms with van der Waals surface area (Å²) >= 11 is 3.52. The smallest absolute Gasteiger partial charge is 0.260 e. The van der Waals surface area contributed by atoms with Crippen LogP contribution in [0.3, 0.4) is 0 Å². The Morgan fingerprint density at radius 1 is 1.10 bits per heavy atom. The lowest BCUT2D eigenvalue weighted by Gasteiger charge is -2.24. The first-order valence-corrected chi connectivity index (χ1v) is 10.4. The van der Waals surface area contributed by atoms with Gasteiger partial charge < -0.3 is 15.0 Å². The molecule has 30 heavy (non-hydrogen) atoms. The Kier molecular flexibility index (Phi) is 5.12. The van der Waals surface area contributed by atoms with E-state index in [0.717, 1.165) is 33.4 Å². The van der Waals surface area contributed by atoms with Crippen LogP contribution in [-0.4, -0.2) is 39.6 Å². The van der Waals surface area contributed by atoms with Gasteiger partial charge in [-0.2, -0.15) is 0 Å². The first-order chi connectivity index (χ1) is 14.7. The lowest BCUT2D eigenvalue weighted by Crippen LogP contribution is -2.34. The fraction of sp³-hybridized carbons (Fsp3) is 0.182. The molecule has 0 bridgehead atoms. The second-order valence-electron chi connectivity index (χ2n) is 7.00. The van der Waals surface area contributed by atoms with Gasteiger partial charge in [0.1, 0.15) is 6.10 Å². The van der Waals surface area contributed by atoms with Crippen molar-refractivity contribution in [3.63, 3.8) is 0 Å². The molecule has 150 valence electrons. The Bertz CT molecular complexity index is 1280. The summed E-state index contributed by atoms with van der Waals surface area (Å²) in [6.45, 7) is 2.15. The third kappa shape index (κ3) is 3.54. The Hall–Kier alpha value is -2.94. The number of H-pyrrole nitrogens is 1. The van der Waals surface area contributed by atoms with Crippen molar-refractivity contribution in [3.8, 4) is 22.4 Å². The van der Waals surface area contributed by atoms with Crippen LogP contribution >= 0.6 is 15.9 Å². The Labute approximate surface area is 180 Å². The van der Waals surface area contributed by atoms with Crippen LogP contribution in [0.1, 0.15) is 11.8 Å². The number of nitrogens with one attached hydrogen (secondary N) is 2. The molecule has 4 aromatic rings. The molecule has 1 fully saturated rings. The molecule has 0 radical (unpaired) electrons. The van der Waals surface area contributed by atoms with Gasteiger partial charge in [0, 0.05) is 34.9 Å². The topological polar surface area (TPSA) is 92.8 Å². The molecule has 0 aliphatic carbocycles. The molecular weight excluding hydrogens is 446 g/mol. The fourth-order valence-electron chi connectivity index (χ4n) is 3.73. The Balaban J connectivity index is 1.75. The van der Waals surface area contributed by atoms with Crippen LogP contribution in [0.5, 0.6) is 0 Å². The highest BCUT2D eigenvalue weighted by Gasteiger charge is 2.22. The van der Waals surface area contributed by atoms with E-state index < -0.39 is 0 Å². The average molecular weight is 464 g/mol. The molecule has 7 nitrogen and oxygen atoms in total. The number of ether oxygens (including phenoxy) is 1. The molecule has 1 unspecified atom stereocenters. The summed E-state index contributed by atoms with van der Waals surface area (Å²) < 4.78 is 6.86. The third-order valence-corrected chi connectivity index (χ3v) is 5.59. The van der Waals surface area contributed by atoms with E-state index >= 15 is 0 Å². The number of benzene rings is 1. The van der Waals surface area contributed by atoms with E-state index in [0.29, 0.717) is 29.9 Å². The maximum absolute atomic E-state index is 12.6. The van der Waals surface area contributed by atoms with Gasteiger partial charge in [-0.15, -0.1) is 0 Å². The van der Waals surface area contributed by atoms with Crippen molar-refractivity contribution in [2.75, 3.05) is 19.7 Å². The molecule has 0 amide bonds. The minimum atomic E-state index is -0.222. The molecule has 1 atom stereocenters. The number of aromatic amines is 1. The van der Waals surface area contributed by atoms with Gasteiger partial charge in [0.05, 0.1) is 29.7 Å². The summed E-state index contributed by atoms with van der Waals surface area (Å²) in [5, 5.41) is 3.80. The van der Waals surface area contributed by atoms with Crippen LogP contribution in [0, 0.1) is 0 Å². The van der Waals surface area contributed by atoms with Crippen LogP contribution in [0.15, 0.2) is 64.3 Å². The molecule has 1 aromatic carbocycles. The molecule has 1 saturated heterocycles. The third-order valence-electron chi connectivity index (χ3n) is 5.09. The quantitative estimate of drug-likeness (QED) is 0.483. The number of morpholine rings is 1. The van der Waals surface area contributed by atoms with Crippen molar-refractivity contribution in [1.29, 1.82) is 0 Å². The van der Waals surface area contributed by atoms with Gasteiger partial charge >= 0.3 is 0 Å². The molecule has 1 aliphatic rings. The zero-order valence-corrected chi connectivity index (χ0v) is 17.5. The molecule has 0 spiro atoms. The van der Waals surface area contributed by atoms with E-state index in [1.54, 1.807) is 6.20 Å². The summed E-state index contributed by atoms with van der Waals surface area (Å²) in [6, 6.07) is 13.6. The van der Waals surface area contributed by atoms with Crippen molar-refractivity contribution >= 4 is 27.0 Å². The predicted molar refractivity (Wildman–Crippen MR) is 118 cm³/mol. The number of pyridine rings is 2. The van der Waals surface area contributed by atoms with Gasteiger partial charge in [-0.05, 0) is 35.9 Å². The summed E-state index contributed by atoms with van der Waals surface area (Å²) in [7, 11) is 0. The van der Waals surface area contributed by atoms with E-state index in [1.165, 1.54) is 6.33 Å². The number of hydrogen-bond acceptors (Lipinski definition) is 6. The van der Waals surface area contributed by atoms with E-state index in [2.05, 4.69) is 36.2 Å². The van der Waals surface area contributed by atoms with Crippen LogP contribution in [0.2, 0.25) is 0 Å². The Morgan fingerprint density at radius 2 is 2.03 bits per heavy atom. The van der Waals surface area contributed by atoms with E-state index in [9.17, 15) is 4.79 Å². The second kappa shape index (κ2) is 8.06. The zero-order valence-electron chi connectivity index (χ0n) is 15.9. The van der Waals surface area contributed by atoms with Crippen molar-refractivity contribution in [1.82, 2.24) is 25.3 Å². The van der Waals surface area contributed by atoms with Gasteiger partial charge in [-0.25, -0.2) is 9.97 Å². The minimum Gasteiger partial charge on any atom is -0.369 e. The van der Waals surface area contributed by atoms with Gasteiger partial charge in [0.2, 0.25) is 0 Å². The van der Waals surface area contributed by atoms with Crippen molar-refractivity contribution in [2.45, 2.75) is 6.10 Å². The van der Waals surface area contributed by atoms with Gasteiger partial charge in [0.25, 0.3) is 5.56 Å². The second-order valence-corrected chi connectivity index (χ2v) is 7.91. The maximum Gasteiger partial charge on any atom is 0.260 e. The number of halogens is 1. The molecular formula is C22H18BrN5O2. The summed E-state index contributed by atoms with van der Waals surface area (Å²) in [5.74, 6) is 0.